The Morgan fingerprint density at radius 2 is 2.22 bits per heavy atom. The third kappa shape index (κ3) is 3.38. The van der Waals surface area contributed by atoms with Crippen LogP contribution in [0.5, 0.6) is 0 Å². The molecule has 0 bridgehead atoms. The predicted molar refractivity (Wildman–Crippen MR) is 77.8 cm³/mol. The Bertz CT molecular complexity index is 389. The summed E-state index contributed by atoms with van der Waals surface area (Å²) >= 11 is 6.15. The highest BCUT2D eigenvalue weighted by Crippen LogP contribution is 2.31. The smallest absolute Gasteiger partial charge is 0.0609 e. The molecule has 1 fully saturated rings. The molecule has 0 atom stereocenters. The van der Waals surface area contributed by atoms with Crippen molar-refractivity contribution >= 4 is 17.7 Å². The average molecular weight is 267 g/mol. The molecule has 1 heterocycles. The van der Waals surface area contributed by atoms with Gasteiger partial charge >= 0.3 is 0 Å². The standard InChI is InChI=1S/C15H23ClN2/c1-2-10-18-15(8-9-17-18)11-14(12-16)13-6-4-3-5-7-13/h8-9,11,13H,2-7,10,12H2,1H3/b14-11-. The van der Waals surface area contributed by atoms with Gasteiger partial charge < -0.3 is 0 Å². The Labute approximate surface area is 115 Å². The summed E-state index contributed by atoms with van der Waals surface area (Å²) in [5, 5.41) is 4.37. The van der Waals surface area contributed by atoms with E-state index in [4.69, 9.17) is 11.6 Å². The molecular formula is C15H23ClN2. The van der Waals surface area contributed by atoms with Crippen molar-refractivity contribution in [1.82, 2.24) is 9.78 Å². The minimum absolute atomic E-state index is 0.655. The van der Waals surface area contributed by atoms with Gasteiger partial charge in [0, 0.05) is 18.6 Å². The van der Waals surface area contributed by atoms with E-state index in [-0.39, 0.29) is 0 Å². The highest BCUT2D eigenvalue weighted by molar-refractivity contribution is 6.19. The first kappa shape index (κ1) is 13.7. The van der Waals surface area contributed by atoms with Gasteiger partial charge in [-0.2, -0.15) is 5.10 Å². The van der Waals surface area contributed by atoms with Crippen LogP contribution in [0.4, 0.5) is 0 Å². The van der Waals surface area contributed by atoms with Gasteiger partial charge in [0.15, 0.2) is 0 Å². The zero-order chi connectivity index (χ0) is 12.8. The summed E-state index contributed by atoms with van der Waals surface area (Å²) in [6.07, 6.45) is 12.0. The van der Waals surface area contributed by atoms with Gasteiger partial charge in [-0.1, -0.05) is 31.8 Å². The molecule has 0 aromatic carbocycles. The van der Waals surface area contributed by atoms with E-state index >= 15 is 0 Å². The van der Waals surface area contributed by atoms with Crippen LogP contribution in [0.1, 0.15) is 51.1 Å². The van der Waals surface area contributed by atoms with E-state index in [2.05, 4.69) is 28.8 Å². The van der Waals surface area contributed by atoms with Gasteiger partial charge in [-0.15, -0.1) is 11.6 Å². The lowest BCUT2D eigenvalue weighted by Crippen LogP contribution is -2.11. The van der Waals surface area contributed by atoms with Crippen LogP contribution in [0.15, 0.2) is 17.8 Å². The molecule has 100 valence electrons. The summed E-state index contributed by atoms with van der Waals surface area (Å²) in [6, 6.07) is 2.09. The number of hydrogen-bond donors (Lipinski definition) is 0. The SMILES string of the molecule is CCCn1nccc1/C=C(/CCl)C1CCCCC1. The van der Waals surface area contributed by atoms with Gasteiger partial charge in [0.05, 0.1) is 5.69 Å². The summed E-state index contributed by atoms with van der Waals surface area (Å²) < 4.78 is 2.08. The van der Waals surface area contributed by atoms with E-state index in [1.54, 1.807) is 0 Å². The summed E-state index contributed by atoms with van der Waals surface area (Å²) in [5.41, 5.74) is 2.60. The number of alkyl halides is 1. The summed E-state index contributed by atoms with van der Waals surface area (Å²) in [6.45, 7) is 3.16. The fourth-order valence-corrected chi connectivity index (χ4v) is 3.09. The van der Waals surface area contributed by atoms with Crippen LogP contribution in [-0.4, -0.2) is 15.7 Å². The summed E-state index contributed by atoms with van der Waals surface area (Å²) in [4.78, 5) is 0. The van der Waals surface area contributed by atoms with Crippen molar-refractivity contribution in [2.75, 3.05) is 5.88 Å². The topological polar surface area (TPSA) is 17.8 Å². The highest BCUT2D eigenvalue weighted by atomic mass is 35.5. The molecule has 0 amide bonds. The molecule has 3 heteroatoms. The van der Waals surface area contributed by atoms with Crippen molar-refractivity contribution in [2.45, 2.75) is 52.0 Å². The number of hydrogen-bond acceptors (Lipinski definition) is 1. The molecule has 0 saturated heterocycles. The maximum Gasteiger partial charge on any atom is 0.0609 e. The molecule has 0 radical (unpaired) electrons. The number of aromatic nitrogens is 2. The van der Waals surface area contributed by atoms with E-state index < -0.39 is 0 Å². The van der Waals surface area contributed by atoms with Gasteiger partial charge in [0.25, 0.3) is 0 Å². The molecule has 0 spiro atoms. The molecular weight excluding hydrogens is 244 g/mol. The second kappa shape index (κ2) is 6.98. The molecule has 0 aliphatic heterocycles. The molecule has 2 rings (SSSR count). The Balaban J connectivity index is 2.14. The van der Waals surface area contributed by atoms with Crippen molar-refractivity contribution in [3.05, 3.63) is 23.5 Å². The molecule has 0 unspecified atom stereocenters. The maximum atomic E-state index is 6.15. The third-order valence-electron chi connectivity index (χ3n) is 3.80. The minimum atomic E-state index is 0.655. The van der Waals surface area contributed by atoms with Crippen LogP contribution in [0.2, 0.25) is 0 Å². The summed E-state index contributed by atoms with van der Waals surface area (Å²) in [7, 11) is 0. The molecule has 1 aliphatic rings. The number of allylic oxidation sites excluding steroid dienone is 1. The second-order valence-electron chi connectivity index (χ2n) is 5.17. The van der Waals surface area contributed by atoms with Crippen LogP contribution in [0.3, 0.4) is 0 Å². The van der Waals surface area contributed by atoms with Crippen molar-refractivity contribution in [2.24, 2.45) is 5.92 Å². The van der Waals surface area contributed by atoms with Gasteiger partial charge in [-0.3, -0.25) is 4.68 Å². The van der Waals surface area contributed by atoms with Gasteiger partial charge in [0.1, 0.15) is 0 Å². The van der Waals surface area contributed by atoms with Crippen LogP contribution < -0.4 is 0 Å². The zero-order valence-corrected chi connectivity index (χ0v) is 12.0. The van der Waals surface area contributed by atoms with Crippen LogP contribution >= 0.6 is 11.6 Å². The zero-order valence-electron chi connectivity index (χ0n) is 11.2. The predicted octanol–water partition coefficient (Wildman–Crippen LogP) is 4.50. The van der Waals surface area contributed by atoms with E-state index in [1.807, 2.05) is 6.20 Å². The minimum Gasteiger partial charge on any atom is -0.266 e. The van der Waals surface area contributed by atoms with Gasteiger partial charge in [0.2, 0.25) is 0 Å². The van der Waals surface area contributed by atoms with Gasteiger partial charge in [-0.25, -0.2) is 0 Å². The Hall–Kier alpha value is -0.760. The maximum absolute atomic E-state index is 6.15. The fraction of sp³-hybridized carbons (Fsp3) is 0.667. The molecule has 1 aliphatic carbocycles. The lowest BCUT2D eigenvalue weighted by Gasteiger charge is -2.23. The van der Waals surface area contributed by atoms with Gasteiger partial charge in [-0.05, 0) is 37.3 Å². The number of aryl methyl sites for hydroxylation is 1. The quantitative estimate of drug-likeness (QED) is 0.718. The number of halogens is 1. The number of rotatable bonds is 5. The monoisotopic (exact) mass is 266 g/mol. The van der Waals surface area contributed by atoms with Crippen molar-refractivity contribution in [3.63, 3.8) is 0 Å². The Morgan fingerprint density at radius 3 is 2.89 bits per heavy atom. The van der Waals surface area contributed by atoms with Crippen molar-refractivity contribution in [3.8, 4) is 0 Å². The largest absolute Gasteiger partial charge is 0.266 e. The van der Waals surface area contributed by atoms with Crippen LogP contribution in [0, 0.1) is 5.92 Å². The molecule has 18 heavy (non-hydrogen) atoms. The lowest BCUT2D eigenvalue weighted by atomic mass is 9.84. The van der Waals surface area contributed by atoms with E-state index in [0.29, 0.717) is 11.8 Å². The summed E-state index contributed by atoms with van der Waals surface area (Å²) in [5.74, 6) is 1.35. The molecule has 1 saturated carbocycles. The Kier molecular flexibility index (Phi) is 5.30. The fourth-order valence-electron chi connectivity index (χ4n) is 2.79. The highest BCUT2D eigenvalue weighted by Gasteiger charge is 2.17. The molecule has 1 aromatic rings. The van der Waals surface area contributed by atoms with E-state index in [9.17, 15) is 0 Å². The van der Waals surface area contributed by atoms with Crippen molar-refractivity contribution < 1.29 is 0 Å². The van der Waals surface area contributed by atoms with E-state index in [1.165, 1.54) is 43.4 Å². The normalized spacial score (nSPS) is 18.2. The second-order valence-corrected chi connectivity index (χ2v) is 5.43. The molecule has 2 nitrogen and oxygen atoms in total. The third-order valence-corrected chi connectivity index (χ3v) is 4.11. The molecule has 1 aromatic heterocycles. The lowest BCUT2D eigenvalue weighted by molar-refractivity contribution is 0.405. The van der Waals surface area contributed by atoms with E-state index in [0.717, 1.165) is 13.0 Å². The first-order valence-corrected chi connectivity index (χ1v) is 7.67. The Morgan fingerprint density at radius 1 is 1.44 bits per heavy atom. The molecule has 0 N–H and O–H groups in total. The first-order chi connectivity index (χ1) is 8.85. The van der Waals surface area contributed by atoms with Crippen LogP contribution in [0.25, 0.3) is 6.08 Å². The average Bonchev–Trinajstić information content (AvgIpc) is 2.85. The first-order valence-electron chi connectivity index (χ1n) is 7.13. The van der Waals surface area contributed by atoms with Crippen molar-refractivity contribution in [1.29, 1.82) is 0 Å². The number of nitrogens with zero attached hydrogens (tertiary/aromatic N) is 2. The van der Waals surface area contributed by atoms with Crippen LogP contribution in [-0.2, 0) is 6.54 Å².